The van der Waals surface area contributed by atoms with Crippen molar-refractivity contribution in [2.75, 3.05) is 25.5 Å². The van der Waals surface area contributed by atoms with Crippen molar-refractivity contribution in [1.29, 1.82) is 0 Å². The summed E-state index contributed by atoms with van der Waals surface area (Å²) in [5.74, 6) is -0.396. The SMILES string of the molecule is COC(=O)c1ccc(C)c(NC(=O)C2(C)CCNCC2)c1. The number of hydrogen-bond acceptors (Lipinski definition) is 4. The third-order valence-electron chi connectivity index (χ3n) is 4.16. The normalized spacial score (nSPS) is 17.1. The van der Waals surface area contributed by atoms with Gasteiger partial charge in [-0.1, -0.05) is 13.0 Å². The molecule has 1 aromatic rings. The van der Waals surface area contributed by atoms with Gasteiger partial charge in [-0.15, -0.1) is 0 Å². The van der Waals surface area contributed by atoms with E-state index in [1.165, 1.54) is 7.11 Å². The van der Waals surface area contributed by atoms with Gasteiger partial charge in [0, 0.05) is 11.1 Å². The molecule has 0 unspecified atom stereocenters. The number of carbonyl (C=O) groups is 2. The van der Waals surface area contributed by atoms with Crippen LogP contribution in [0.25, 0.3) is 0 Å². The van der Waals surface area contributed by atoms with Gasteiger partial charge in [-0.2, -0.15) is 0 Å². The number of hydrogen-bond donors (Lipinski definition) is 2. The highest BCUT2D eigenvalue weighted by molar-refractivity contribution is 5.97. The summed E-state index contributed by atoms with van der Waals surface area (Å²) in [5, 5.41) is 6.23. The van der Waals surface area contributed by atoms with E-state index in [-0.39, 0.29) is 11.3 Å². The number of anilines is 1. The number of nitrogens with one attached hydrogen (secondary N) is 2. The van der Waals surface area contributed by atoms with Gasteiger partial charge in [0.25, 0.3) is 0 Å². The molecular weight excluding hydrogens is 268 g/mol. The first kappa shape index (κ1) is 15.5. The molecule has 0 radical (unpaired) electrons. The number of rotatable bonds is 3. The molecule has 114 valence electrons. The Labute approximate surface area is 125 Å². The summed E-state index contributed by atoms with van der Waals surface area (Å²) in [7, 11) is 1.34. The maximum atomic E-state index is 12.5. The van der Waals surface area contributed by atoms with E-state index in [0.29, 0.717) is 11.3 Å². The van der Waals surface area contributed by atoms with Gasteiger partial charge in [-0.3, -0.25) is 4.79 Å². The highest BCUT2D eigenvalue weighted by atomic mass is 16.5. The van der Waals surface area contributed by atoms with Crippen molar-refractivity contribution in [2.24, 2.45) is 5.41 Å². The van der Waals surface area contributed by atoms with E-state index in [1.807, 2.05) is 19.9 Å². The van der Waals surface area contributed by atoms with Gasteiger partial charge in [0.15, 0.2) is 0 Å². The van der Waals surface area contributed by atoms with Gasteiger partial charge in [-0.25, -0.2) is 4.79 Å². The molecule has 1 fully saturated rings. The zero-order chi connectivity index (χ0) is 15.5. The van der Waals surface area contributed by atoms with Crippen LogP contribution in [0.15, 0.2) is 18.2 Å². The maximum Gasteiger partial charge on any atom is 0.337 e. The van der Waals surface area contributed by atoms with Crippen LogP contribution >= 0.6 is 0 Å². The zero-order valence-electron chi connectivity index (χ0n) is 12.8. The van der Waals surface area contributed by atoms with Gasteiger partial charge in [0.2, 0.25) is 5.91 Å². The monoisotopic (exact) mass is 290 g/mol. The summed E-state index contributed by atoms with van der Waals surface area (Å²) in [4.78, 5) is 24.1. The van der Waals surface area contributed by atoms with Crippen LogP contribution in [-0.2, 0) is 9.53 Å². The second-order valence-electron chi connectivity index (χ2n) is 5.79. The number of aryl methyl sites for hydroxylation is 1. The molecule has 1 amide bonds. The lowest BCUT2D eigenvalue weighted by Crippen LogP contribution is -2.42. The van der Waals surface area contributed by atoms with E-state index in [1.54, 1.807) is 12.1 Å². The molecule has 0 atom stereocenters. The molecule has 1 aromatic carbocycles. The predicted octanol–water partition coefficient (Wildman–Crippen LogP) is 2.11. The molecule has 1 aliphatic heterocycles. The summed E-state index contributed by atoms with van der Waals surface area (Å²) in [6.07, 6.45) is 1.63. The quantitative estimate of drug-likeness (QED) is 0.837. The Morgan fingerprint density at radius 1 is 1.29 bits per heavy atom. The van der Waals surface area contributed by atoms with Crippen LogP contribution in [0, 0.1) is 12.3 Å². The van der Waals surface area contributed by atoms with Gasteiger partial charge < -0.3 is 15.4 Å². The molecule has 5 heteroatoms. The number of benzene rings is 1. The molecule has 1 aliphatic rings. The lowest BCUT2D eigenvalue weighted by atomic mass is 9.80. The van der Waals surface area contributed by atoms with Crippen molar-refractivity contribution in [2.45, 2.75) is 26.7 Å². The fraction of sp³-hybridized carbons (Fsp3) is 0.500. The van der Waals surface area contributed by atoms with Crippen LogP contribution in [0.5, 0.6) is 0 Å². The van der Waals surface area contributed by atoms with Crippen molar-refractivity contribution in [3.8, 4) is 0 Å². The maximum absolute atomic E-state index is 12.5. The number of methoxy groups -OCH3 is 1. The summed E-state index contributed by atoms with van der Waals surface area (Å²) in [5.41, 5.74) is 1.67. The van der Waals surface area contributed by atoms with Crippen LogP contribution in [0.2, 0.25) is 0 Å². The Kier molecular flexibility index (Phi) is 4.63. The molecule has 2 rings (SSSR count). The molecule has 1 heterocycles. The van der Waals surface area contributed by atoms with Gasteiger partial charge in [0.1, 0.15) is 0 Å². The van der Waals surface area contributed by atoms with E-state index in [2.05, 4.69) is 10.6 Å². The van der Waals surface area contributed by atoms with E-state index < -0.39 is 5.97 Å². The smallest absolute Gasteiger partial charge is 0.337 e. The second kappa shape index (κ2) is 6.26. The fourth-order valence-corrected chi connectivity index (χ4v) is 2.48. The Hall–Kier alpha value is -1.88. The molecule has 2 N–H and O–H groups in total. The first-order chi connectivity index (χ1) is 9.96. The predicted molar refractivity (Wildman–Crippen MR) is 81.4 cm³/mol. The Balaban J connectivity index is 2.18. The van der Waals surface area contributed by atoms with Crippen LogP contribution in [0.1, 0.15) is 35.7 Å². The van der Waals surface area contributed by atoms with Crippen molar-refractivity contribution in [3.05, 3.63) is 29.3 Å². The topological polar surface area (TPSA) is 67.4 Å². The van der Waals surface area contributed by atoms with Crippen LogP contribution < -0.4 is 10.6 Å². The molecule has 5 nitrogen and oxygen atoms in total. The first-order valence-corrected chi connectivity index (χ1v) is 7.17. The molecule has 0 saturated carbocycles. The average Bonchev–Trinajstić information content (AvgIpc) is 2.49. The molecule has 21 heavy (non-hydrogen) atoms. The standard InChI is InChI=1S/C16H22N2O3/c1-11-4-5-12(14(19)21-3)10-13(11)18-15(20)16(2)6-8-17-9-7-16/h4-5,10,17H,6-9H2,1-3H3,(H,18,20). The number of ether oxygens (including phenoxy) is 1. The highest BCUT2D eigenvalue weighted by Gasteiger charge is 2.34. The molecule has 1 saturated heterocycles. The van der Waals surface area contributed by atoms with E-state index >= 15 is 0 Å². The van der Waals surface area contributed by atoms with Crippen molar-refractivity contribution < 1.29 is 14.3 Å². The van der Waals surface area contributed by atoms with Crippen molar-refractivity contribution in [3.63, 3.8) is 0 Å². The molecule has 0 spiro atoms. The van der Waals surface area contributed by atoms with Gasteiger partial charge in [0.05, 0.1) is 12.7 Å². The van der Waals surface area contributed by atoms with Crippen LogP contribution in [0.4, 0.5) is 5.69 Å². The number of piperidine rings is 1. The molecule has 0 aliphatic carbocycles. The molecular formula is C16H22N2O3. The largest absolute Gasteiger partial charge is 0.465 e. The highest BCUT2D eigenvalue weighted by Crippen LogP contribution is 2.30. The van der Waals surface area contributed by atoms with E-state index in [9.17, 15) is 9.59 Å². The van der Waals surface area contributed by atoms with Crippen LogP contribution in [-0.4, -0.2) is 32.1 Å². The second-order valence-corrected chi connectivity index (χ2v) is 5.79. The minimum absolute atomic E-state index is 0.00844. The Morgan fingerprint density at radius 3 is 2.57 bits per heavy atom. The molecule has 0 bridgehead atoms. The fourth-order valence-electron chi connectivity index (χ4n) is 2.48. The lowest BCUT2D eigenvalue weighted by molar-refractivity contribution is -0.126. The summed E-state index contributed by atoms with van der Waals surface area (Å²) < 4.78 is 4.71. The van der Waals surface area contributed by atoms with E-state index in [0.717, 1.165) is 31.5 Å². The lowest BCUT2D eigenvalue weighted by Gasteiger charge is -2.32. The third kappa shape index (κ3) is 3.42. The summed E-state index contributed by atoms with van der Waals surface area (Å²) in [6, 6.07) is 5.18. The minimum Gasteiger partial charge on any atom is -0.465 e. The van der Waals surface area contributed by atoms with Crippen molar-refractivity contribution in [1.82, 2.24) is 5.32 Å². The van der Waals surface area contributed by atoms with Gasteiger partial charge >= 0.3 is 5.97 Å². The number of esters is 1. The third-order valence-corrected chi connectivity index (χ3v) is 4.16. The van der Waals surface area contributed by atoms with Crippen molar-refractivity contribution >= 4 is 17.6 Å². The first-order valence-electron chi connectivity index (χ1n) is 7.17. The Bertz CT molecular complexity index is 548. The van der Waals surface area contributed by atoms with E-state index in [4.69, 9.17) is 4.74 Å². The Morgan fingerprint density at radius 2 is 1.95 bits per heavy atom. The summed E-state index contributed by atoms with van der Waals surface area (Å²) in [6.45, 7) is 5.60. The zero-order valence-corrected chi connectivity index (χ0v) is 12.8. The summed E-state index contributed by atoms with van der Waals surface area (Å²) >= 11 is 0. The average molecular weight is 290 g/mol. The van der Waals surface area contributed by atoms with Gasteiger partial charge in [-0.05, 0) is 50.6 Å². The van der Waals surface area contributed by atoms with Crippen LogP contribution in [0.3, 0.4) is 0 Å². The minimum atomic E-state index is -0.404. The molecule has 0 aromatic heterocycles. The number of carbonyl (C=O) groups excluding carboxylic acids is 2. The number of amides is 1.